The van der Waals surface area contributed by atoms with Gasteiger partial charge in [0.25, 0.3) is 5.79 Å². The fourth-order valence-corrected chi connectivity index (χ4v) is 5.45. The Balaban J connectivity index is 4.43. The quantitative estimate of drug-likeness (QED) is 0.152. The van der Waals surface area contributed by atoms with Crippen LogP contribution in [-0.2, 0) is 28.7 Å². The van der Waals surface area contributed by atoms with Crippen LogP contribution in [0.4, 0.5) is 0 Å². The lowest BCUT2D eigenvalue weighted by atomic mass is 9.54. The number of aliphatic hydroxyl groups is 5. The molecule has 0 spiro atoms. The van der Waals surface area contributed by atoms with E-state index in [1.54, 1.807) is 55.4 Å². The Bertz CT molecular complexity index is 1040. The summed E-state index contributed by atoms with van der Waals surface area (Å²) in [6, 6.07) is 0. The van der Waals surface area contributed by atoms with Crippen molar-refractivity contribution in [1.82, 2.24) is 0 Å². The van der Waals surface area contributed by atoms with Gasteiger partial charge in [-0.05, 0) is 30.6 Å². The molecule has 6 unspecified atom stereocenters. The molecule has 11 heteroatoms. The van der Waals surface area contributed by atoms with Gasteiger partial charge in [0, 0.05) is 25.7 Å². The second-order valence-corrected chi connectivity index (χ2v) is 13.0. The van der Waals surface area contributed by atoms with E-state index in [9.17, 15) is 49.5 Å². The fraction of sp³-hybridized carbons (Fsp3) is 0.844. The summed E-state index contributed by atoms with van der Waals surface area (Å²) in [6.45, 7) is 14.3. The Morgan fingerprint density at radius 3 is 1.28 bits per heavy atom. The predicted molar refractivity (Wildman–Crippen MR) is 158 cm³/mol. The molecule has 0 amide bonds. The summed E-state index contributed by atoms with van der Waals surface area (Å²) < 4.78 is 5.57. The molecule has 0 saturated carbocycles. The summed E-state index contributed by atoms with van der Waals surface area (Å²) in [5.41, 5.74) is -11.4. The molecule has 0 aliphatic carbocycles. The van der Waals surface area contributed by atoms with Crippen LogP contribution in [0.3, 0.4) is 0 Å². The Morgan fingerprint density at radius 1 is 0.605 bits per heavy atom. The van der Waals surface area contributed by atoms with Crippen molar-refractivity contribution in [2.24, 2.45) is 23.7 Å². The number of carbonyl (C=O) groups is 5. The monoisotopic (exact) mass is 614 g/mol. The first-order chi connectivity index (χ1) is 19.7. The number of hydrogen-bond donors (Lipinski definition) is 5. The second kappa shape index (κ2) is 14.9. The van der Waals surface area contributed by atoms with E-state index in [0.717, 1.165) is 6.92 Å². The zero-order valence-electron chi connectivity index (χ0n) is 27.3. The largest absolute Gasteiger partial charge is 0.382 e. The summed E-state index contributed by atoms with van der Waals surface area (Å²) in [4.78, 5) is 68.8. The van der Waals surface area contributed by atoms with Gasteiger partial charge >= 0.3 is 0 Å². The maximum atomic E-state index is 14.2. The van der Waals surface area contributed by atoms with Gasteiger partial charge in [-0.3, -0.25) is 24.0 Å². The van der Waals surface area contributed by atoms with Crippen molar-refractivity contribution in [2.75, 3.05) is 0 Å². The van der Waals surface area contributed by atoms with Gasteiger partial charge in [0.05, 0.1) is 0 Å². The summed E-state index contributed by atoms with van der Waals surface area (Å²) in [5.74, 6) is -12.2. The molecule has 1 aliphatic heterocycles. The maximum absolute atomic E-state index is 14.2. The van der Waals surface area contributed by atoms with Crippen LogP contribution in [0.1, 0.15) is 114 Å². The van der Waals surface area contributed by atoms with E-state index < -0.39 is 113 Å². The molecule has 1 heterocycles. The smallest absolute Gasteiger partial charge is 0.267 e. The molecule has 43 heavy (non-hydrogen) atoms. The lowest BCUT2D eigenvalue weighted by Crippen LogP contribution is -2.92. The molecule has 0 aromatic carbocycles. The molecule has 1 saturated heterocycles. The van der Waals surface area contributed by atoms with Crippen LogP contribution in [0.15, 0.2) is 0 Å². The molecule has 5 N–H and O–H groups in total. The maximum Gasteiger partial charge on any atom is 0.267 e. The first kappa shape index (κ1) is 39.1. The zero-order valence-corrected chi connectivity index (χ0v) is 27.3. The van der Waals surface area contributed by atoms with Gasteiger partial charge in [0.15, 0.2) is 34.5 Å². The molecule has 11 nitrogen and oxygen atoms in total. The Labute approximate surface area is 255 Å². The van der Waals surface area contributed by atoms with Crippen LogP contribution in [-0.4, -0.2) is 89.2 Å². The van der Waals surface area contributed by atoms with Crippen molar-refractivity contribution in [3.05, 3.63) is 0 Å². The molecule has 10 atom stereocenters. The number of hydrogen-bond acceptors (Lipinski definition) is 11. The Hall–Kier alpha value is -1.89. The van der Waals surface area contributed by atoms with Crippen LogP contribution in [0, 0.1) is 23.7 Å². The van der Waals surface area contributed by atoms with E-state index in [2.05, 4.69) is 0 Å². The fourth-order valence-electron chi connectivity index (χ4n) is 5.45. The van der Waals surface area contributed by atoms with E-state index in [-0.39, 0.29) is 0 Å². The standard InChI is InChI=1S/C32H54O11/c1-10-18(5)14-23(34)29(39)28(27(38)22(9)33)43-32(42,26(37)17-21(8)13-4)31(41,25(36)16-20(7)12-3)30(29,40)24(35)15-19(6)11-2/h18-21,27-28,38-42H,10-17H2,1-9H3/t18?,19?,20?,21?,27?,28-,29-,30+,31-,32?/m1/s1. The van der Waals surface area contributed by atoms with Gasteiger partial charge in [-0.1, -0.05) is 81.1 Å². The predicted octanol–water partition coefficient (Wildman–Crippen LogP) is 2.24. The number of ketones is 5. The van der Waals surface area contributed by atoms with Gasteiger partial charge < -0.3 is 30.3 Å². The number of rotatable bonds is 18. The third kappa shape index (κ3) is 6.87. The Morgan fingerprint density at radius 2 is 0.930 bits per heavy atom. The molecule has 1 fully saturated rings. The van der Waals surface area contributed by atoms with E-state index in [0.29, 0.717) is 25.7 Å². The third-order valence-corrected chi connectivity index (χ3v) is 9.51. The van der Waals surface area contributed by atoms with Crippen LogP contribution in [0.2, 0.25) is 0 Å². The van der Waals surface area contributed by atoms with E-state index in [4.69, 9.17) is 4.74 Å². The number of Topliss-reactive ketones (excluding diaryl/α,β-unsaturated/α-hetero) is 5. The summed E-state index contributed by atoms with van der Waals surface area (Å²) in [7, 11) is 0. The number of carbonyl (C=O) groups excluding carboxylic acids is 5. The molecule has 0 bridgehead atoms. The number of ether oxygens (including phenoxy) is 1. The van der Waals surface area contributed by atoms with Gasteiger partial charge in [-0.25, -0.2) is 0 Å². The van der Waals surface area contributed by atoms with E-state index in [1.807, 2.05) is 0 Å². The van der Waals surface area contributed by atoms with Crippen molar-refractivity contribution < 1.29 is 54.2 Å². The van der Waals surface area contributed by atoms with Crippen molar-refractivity contribution in [2.45, 2.75) is 148 Å². The number of aliphatic hydroxyl groups excluding tert-OH is 1. The van der Waals surface area contributed by atoms with Crippen molar-refractivity contribution in [3.8, 4) is 0 Å². The average molecular weight is 615 g/mol. The first-order valence-corrected chi connectivity index (χ1v) is 15.6. The minimum atomic E-state index is -3.91. The summed E-state index contributed by atoms with van der Waals surface area (Å²) >= 11 is 0. The van der Waals surface area contributed by atoms with E-state index in [1.165, 1.54) is 0 Å². The highest BCUT2D eigenvalue weighted by atomic mass is 16.7. The zero-order chi connectivity index (χ0) is 33.7. The third-order valence-electron chi connectivity index (χ3n) is 9.51. The molecular weight excluding hydrogens is 560 g/mol. The highest BCUT2D eigenvalue weighted by Gasteiger charge is 2.86. The molecule has 1 rings (SSSR count). The van der Waals surface area contributed by atoms with Gasteiger partial charge in [0.1, 0.15) is 12.2 Å². The van der Waals surface area contributed by atoms with Crippen molar-refractivity contribution >= 4 is 28.9 Å². The lowest BCUT2D eigenvalue weighted by Gasteiger charge is -2.61. The molecule has 0 aromatic heterocycles. The van der Waals surface area contributed by atoms with Crippen molar-refractivity contribution in [3.63, 3.8) is 0 Å². The molecule has 248 valence electrons. The summed E-state index contributed by atoms with van der Waals surface area (Å²) in [6.07, 6.45) is -5.70. The highest BCUT2D eigenvalue weighted by molar-refractivity contribution is 6.11. The lowest BCUT2D eigenvalue weighted by molar-refractivity contribution is -0.396. The second-order valence-electron chi connectivity index (χ2n) is 13.0. The molecule has 0 radical (unpaired) electrons. The minimum Gasteiger partial charge on any atom is -0.382 e. The molecule has 1 aliphatic rings. The van der Waals surface area contributed by atoms with Gasteiger partial charge in [-0.15, -0.1) is 0 Å². The van der Waals surface area contributed by atoms with Crippen molar-refractivity contribution in [1.29, 1.82) is 0 Å². The van der Waals surface area contributed by atoms with Gasteiger partial charge in [-0.2, -0.15) is 0 Å². The van der Waals surface area contributed by atoms with Crippen LogP contribution in [0.5, 0.6) is 0 Å². The van der Waals surface area contributed by atoms with Crippen LogP contribution < -0.4 is 0 Å². The topological polar surface area (TPSA) is 196 Å². The summed E-state index contributed by atoms with van der Waals surface area (Å²) in [5, 5.41) is 60.5. The first-order valence-electron chi connectivity index (χ1n) is 15.6. The average Bonchev–Trinajstić information content (AvgIpc) is 2.96. The van der Waals surface area contributed by atoms with Crippen LogP contribution >= 0.6 is 0 Å². The SMILES string of the molecule is CCC(C)CC(=O)C1(O)O[C@H](C(O)C(C)=O)[C@](O)(C(=O)CC(C)CC)[C@@](O)(C(=O)CC(C)CC)[C@]1(O)C(=O)CC(C)CC. The highest BCUT2D eigenvalue weighted by Crippen LogP contribution is 2.54. The van der Waals surface area contributed by atoms with Gasteiger partial charge in [0.2, 0.25) is 11.2 Å². The molecule has 0 aromatic rings. The normalized spacial score (nSPS) is 32.7. The molecular formula is C32H54O11. The minimum absolute atomic E-state index is 0.369. The van der Waals surface area contributed by atoms with Crippen LogP contribution in [0.25, 0.3) is 0 Å². The van der Waals surface area contributed by atoms with E-state index >= 15 is 0 Å². The Kier molecular flexibility index (Phi) is 13.6.